The van der Waals surface area contributed by atoms with Crippen molar-refractivity contribution in [2.24, 2.45) is 10.7 Å². The highest BCUT2D eigenvalue weighted by Crippen LogP contribution is 2.23. The first-order chi connectivity index (χ1) is 12.1. The molecule has 1 atom stereocenters. The molecule has 0 saturated heterocycles. The molecule has 0 saturated carbocycles. The first-order valence-corrected chi connectivity index (χ1v) is 8.20. The maximum Gasteiger partial charge on any atom is 0.191 e. The van der Waals surface area contributed by atoms with Gasteiger partial charge in [0.2, 0.25) is 0 Å². The predicted octanol–water partition coefficient (Wildman–Crippen LogP) is 3.07. The third-order valence-electron chi connectivity index (χ3n) is 4.24. The SMILES string of the molecule is COCc1cccc(-c2cccc(CC3=NC(N)N(C)C(O)=C3)c2)c1. The van der Waals surface area contributed by atoms with Gasteiger partial charge in [0, 0.05) is 32.4 Å². The Balaban J connectivity index is 1.83. The van der Waals surface area contributed by atoms with Crippen molar-refractivity contribution in [1.82, 2.24) is 4.90 Å². The fourth-order valence-corrected chi connectivity index (χ4v) is 2.85. The van der Waals surface area contributed by atoms with Crippen LogP contribution >= 0.6 is 0 Å². The molecule has 130 valence electrons. The molecule has 1 aliphatic heterocycles. The van der Waals surface area contributed by atoms with Gasteiger partial charge >= 0.3 is 0 Å². The number of allylic oxidation sites excluding steroid dienone is 1. The van der Waals surface area contributed by atoms with Crippen LogP contribution in [-0.2, 0) is 17.8 Å². The van der Waals surface area contributed by atoms with Crippen molar-refractivity contribution in [3.05, 3.63) is 71.6 Å². The lowest BCUT2D eigenvalue weighted by Gasteiger charge is -2.26. The van der Waals surface area contributed by atoms with E-state index in [9.17, 15) is 5.11 Å². The number of rotatable bonds is 5. The minimum atomic E-state index is -0.547. The molecule has 25 heavy (non-hydrogen) atoms. The second-order valence-electron chi connectivity index (χ2n) is 6.16. The van der Waals surface area contributed by atoms with Crippen LogP contribution in [0, 0.1) is 0 Å². The van der Waals surface area contributed by atoms with Gasteiger partial charge in [-0.1, -0.05) is 42.5 Å². The summed E-state index contributed by atoms with van der Waals surface area (Å²) in [6.45, 7) is 0.597. The number of ether oxygens (including phenoxy) is 1. The van der Waals surface area contributed by atoms with Gasteiger partial charge in [-0.15, -0.1) is 0 Å². The van der Waals surface area contributed by atoms with E-state index in [-0.39, 0.29) is 5.88 Å². The normalized spacial score (nSPS) is 17.2. The van der Waals surface area contributed by atoms with E-state index in [2.05, 4.69) is 41.4 Å². The average molecular weight is 337 g/mol. The van der Waals surface area contributed by atoms with Crippen molar-refractivity contribution in [2.45, 2.75) is 19.3 Å². The maximum atomic E-state index is 9.92. The minimum absolute atomic E-state index is 0.140. The van der Waals surface area contributed by atoms with Crippen molar-refractivity contribution >= 4 is 5.71 Å². The van der Waals surface area contributed by atoms with Crippen LogP contribution in [-0.4, -0.2) is 36.2 Å². The lowest BCUT2D eigenvalue weighted by molar-refractivity contribution is 0.185. The highest BCUT2D eigenvalue weighted by atomic mass is 16.5. The molecule has 1 unspecified atom stereocenters. The molecule has 0 spiro atoms. The number of aliphatic hydroxyl groups excluding tert-OH is 1. The zero-order chi connectivity index (χ0) is 17.8. The number of nitrogens with two attached hydrogens (primary N) is 1. The van der Waals surface area contributed by atoms with Gasteiger partial charge in [0.15, 0.2) is 12.2 Å². The van der Waals surface area contributed by atoms with E-state index in [1.807, 2.05) is 12.1 Å². The highest BCUT2D eigenvalue weighted by Gasteiger charge is 2.17. The summed E-state index contributed by atoms with van der Waals surface area (Å²) in [6, 6.07) is 16.6. The van der Waals surface area contributed by atoms with E-state index < -0.39 is 6.29 Å². The zero-order valence-corrected chi connectivity index (χ0v) is 14.5. The zero-order valence-electron chi connectivity index (χ0n) is 14.5. The Morgan fingerprint density at radius 3 is 2.40 bits per heavy atom. The fourth-order valence-electron chi connectivity index (χ4n) is 2.85. The Morgan fingerprint density at radius 1 is 1.12 bits per heavy atom. The van der Waals surface area contributed by atoms with Crippen molar-refractivity contribution in [3.63, 3.8) is 0 Å². The third kappa shape index (κ3) is 4.07. The number of aliphatic hydroxyl groups is 1. The van der Waals surface area contributed by atoms with Crippen molar-refractivity contribution in [2.75, 3.05) is 14.2 Å². The number of nitrogens with zero attached hydrogens (tertiary/aromatic N) is 2. The van der Waals surface area contributed by atoms with Gasteiger partial charge in [0.1, 0.15) is 0 Å². The molecule has 3 N–H and O–H groups in total. The lowest BCUT2D eigenvalue weighted by Crippen LogP contribution is -2.40. The van der Waals surface area contributed by atoms with Gasteiger partial charge in [-0.3, -0.25) is 5.73 Å². The quantitative estimate of drug-likeness (QED) is 0.879. The van der Waals surface area contributed by atoms with Gasteiger partial charge < -0.3 is 14.7 Å². The Bertz CT molecular complexity index is 814. The van der Waals surface area contributed by atoms with Crippen molar-refractivity contribution in [1.29, 1.82) is 0 Å². The average Bonchev–Trinajstić information content (AvgIpc) is 2.60. The fraction of sp³-hybridized carbons (Fsp3) is 0.250. The van der Waals surface area contributed by atoms with Gasteiger partial charge in [0.05, 0.1) is 6.61 Å². The smallest absolute Gasteiger partial charge is 0.191 e. The summed E-state index contributed by atoms with van der Waals surface area (Å²) < 4.78 is 5.21. The largest absolute Gasteiger partial charge is 0.495 e. The van der Waals surface area contributed by atoms with E-state index in [4.69, 9.17) is 10.5 Å². The summed E-state index contributed by atoms with van der Waals surface area (Å²) in [4.78, 5) is 5.95. The van der Waals surface area contributed by atoms with Crippen LogP contribution in [0.15, 0.2) is 65.5 Å². The van der Waals surface area contributed by atoms with Crippen molar-refractivity contribution in [3.8, 4) is 11.1 Å². The Morgan fingerprint density at radius 2 is 1.76 bits per heavy atom. The van der Waals surface area contributed by atoms with E-state index in [1.165, 1.54) is 4.90 Å². The second-order valence-corrected chi connectivity index (χ2v) is 6.16. The maximum absolute atomic E-state index is 9.92. The highest BCUT2D eigenvalue weighted by molar-refractivity contribution is 5.97. The molecule has 2 aromatic carbocycles. The second kappa shape index (κ2) is 7.51. The minimum Gasteiger partial charge on any atom is -0.495 e. The Kier molecular flexibility index (Phi) is 5.16. The van der Waals surface area contributed by atoms with Gasteiger partial charge in [-0.25, -0.2) is 4.99 Å². The van der Waals surface area contributed by atoms with Crippen LogP contribution in [0.1, 0.15) is 11.1 Å². The van der Waals surface area contributed by atoms with Gasteiger partial charge in [-0.05, 0) is 28.3 Å². The Hall–Kier alpha value is -2.63. The molecule has 0 aliphatic carbocycles. The van der Waals surface area contributed by atoms with Crippen LogP contribution in [0.5, 0.6) is 0 Å². The van der Waals surface area contributed by atoms with Gasteiger partial charge in [-0.2, -0.15) is 0 Å². The number of hydrogen-bond donors (Lipinski definition) is 2. The van der Waals surface area contributed by atoms with Crippen molar-refractivity contribution < 1.29 is 9.84 Å². The van der Waals surface area contributed by atoms with E-state index in [1.54, 1.807) is 20.2 Å². The monoisotopic (exact) mass is 337 g/mol. The van der Waals surface area contributed by atoms with E-state index in [0.717, 1.165) is 28.0 Å². The van der Waals surface area contributed by atoms with E-state index >= 15 is 0 Å². The molecule has 0 fully saturated rings. The summed E-state index contributed by atoms with van der Waals surface area (Å²) in [5.41, 5.74) is 11.2. The van der Waals surface area contributed by atoms with Crippen LogP contribution in [0.25, 0.3) is 11.1 Å². The summed E-state index contributed by atoms with van der Waals surface area (Å²) >= 11 is 0. The summed E-state index contributed by atoms with van der Waals surface area (Å²) in [5.74, 6) is 0.140. The summed E-state index contributed by atoms with van der Waals surface area (Å²) in [5, 5.41) is 9.92. The number of hydrogen-bond acceptors (Lipinski definition) is 5. The third-order valence-corrected chi connectivity index (χ3v) is 4.24. The summed E-state index contributed by atoms with van der Waals surface area (Å²) in [6.07, 6.45) is 1.74. The molecule has 5 nitrogen and oxygen atoms in total. The van der Waals surface area contributed by atoms with Crippen LogP contribution in [0.3, 0.4) is 0 Å². The predicted molar refractivity (Wildman–Crippen MR) is 100 cm³/mol. The summed E-state index contributed by atoms with van der Waals surface area (Å²) in [7, 11) is 3.41. The lowest BCUT2D eigenvalue weighted by atomic mass is 9.99. The van der Waals surface area contributed by atoms with Gasteiger partial charge in [0.25, 0.3) is 0 Å². The molecule has 1 aliphatic rings. The molecule has 0 radical (unpaired) electrons. The molecule has 2 aromatic rings. The van der Waals surface area contributed by atoms with E-state index in [0.29, 0.717) is 13.0 Å². The first kappa shape index (κ1) is 17.2. The molecular formula is C20H23N3O2. The number of benzene rings is 2. The van der Waals surface area contributed by atoms with Crippen LogP contribution in [0.2, 0.25) is 0 Å². The molecule has 0 aromatic heterocycles. The molecule has 3 rings (SSSR count). The van der Waals surface area contributed by atoms with Crippen LogP contribution in [0.4, 0.5) is 0 Å². The topological polar surface area (TPSA) is 71.1 Å². The number of aliphatic imine (C=N–C) groups is 1. The molecule has 0 amide bonds. The van der Waals surface area contributed by atoms with Crippen LogP contribution < -0.4 is 5.73 Å². The molecule has 5 heteroatoms. The standard InChI is InChI=1S/C20H23N3O2/c1-23-19(24)12-18(22-20(23)21)11-14-5-3-7-16(9-14)17-8-4-6-15(10-17)13-25-2/h3-10,12,20,24H,11,13,21H2,1-2H3. The Labute approximate surface area is 148 Å². The molecule has 1 heterocycles. The number of methoxy groups -OCH3 is 1. The molecule has 0 bridgehead atoms. The molecular weight excluding hydrogens is 314 g/mol. The first-order valence-electron chi connectivity index (χ1n) is 8.20.